The van der Waals surface area contributed by atoms with E-state index in [4.69, 9.17) is 4.74 Å². The third-order valence-corrected chi connectivity index (χ3v) is 7.65. The highest BCUT2D eigenvalue weighted by molar-refractivity contribution is 5.83. The summed E-state index contributed by atoms with van der Waals surface area (Å²) in [6.07, 6.45) is 4.54. The van der Waals surface area contributed by atoms with Gasteiger partial charge in [-0.3, -0.25) is 4.90 Å². The molecule has 11 heteroatoms. The van der Waals surface area contributed by atoms with Crippen molar-refractivity contribution >= 4 is 22.8 Å². The van der Waals surface area contributed by atoms with E-state index in [1.165, 1.54) is 6.07 Å². The van der Waals surface area contributed by atoms with Gasteiger partial charge in [0.2, 0.25) is 5.95 Å². The van der Waals surface area contributed by atoms with E-state index in [0.717, 1.165) is 69.7 Å². The van der Waals surface area contributed by atoms with Gasteiger partial charge in [0.25, 0.3) is 0 Å². The topological polar surface area (TPSA) is 84.2 Å². The average Bonchev–Trinajstić information content (AvgIpc) is 3.52. The van der Waals surface area contributed by atoms with Crippen molar-refractivity contribution in [2.24, 2.45) is 0 Å². The zero-order valence-electron chi connectivity index (χ0n) is 22.2. The van der Waals surface area contributed by atoms with Crippen molar-refractivity contribution in [3.05, 3.63) is 59.7 Å². The highest BCUT2D eigenvalue weighted by Crippen LogP contribution is 2.35. The molecule has 3 aromatic heterocycles. The molecule has 204 valence electrons. The van der Waals surface area contributed by atoms with E-state index in [1.54, 1.807) is 13.2 Å². The number of anilines is 2. The van der Waals surface area contributed by atoms with Crippen molar-refractivity contribution in [2.45, 2.75) is 32.4 Å². The minimum atomic E-state index is -0.639. The van der Waals surface area contributed by atoms with Crippen LogP contribution in [-0.2, 0) is 17.7 Å². The van der Waals surface area contributed by atoms with Gasteiger partial charge in [-0.05, 0) is 36.7 Å². The number of rotatable bonds is 8. The minimum Gasteiger partial charge on any atom is -0.383 e. The number of nitrogens with zero attached hydrogens (tertiary/aromatic N) is 7. The number of hydrogen-bond acceptors (Lipinski definition) is 8. The number of fused-ring (bicyclic) bond motifs is 3. The first-order chi connectivity index (χ1) is 19.0. The van der Waals surface area contributed by atoms with Crippen LogP contribution >= 0.6 is 0 Å². The molecule has 5 heterocycles. The normalized spacial score (nSPS) is 18.1. The molecule has 2 aliphatic heterocycles. The van der Waals surface area contributed by atoms with E-state index in [2.05, 4.69) is 42.0 Å². The Morgan fingerprint density at radius 2 is 1.82 bits per heavy atom. The lowest BCUT2D eigenvalue weighted by molar-refractivity contribution is 0.132. The molecule has 2 aliphatic rings. The van der Waals surface area contributed by atoms with Crippen LogP contribution in [0.5, 0.6) is 0 Å². The molecule has 0 amide bonds. The molecule has 0 bridgehead atoms. The summed E-state index contributed by atoms with van der Waals surface area (Å²) in [4.78, 5) is 22.3. The Morgan fingerprint density at radius 3 is 2.56 bits per heavy atom. The van der Waals surface area contributed by atoms with E-state index in [9.17, 15) is 4.39 Å². The van der Waals surface area contributed by atoms with Crippen LogP contribution in [-0.4, -0.2) is 80.7 Å². The fourth-order valence-corrected chi connectivity index (χ4v) is 5.55. The average molecular weight is 535 g/mol. The van der Waals surface area contributed by atoms with Crippen molar-refractivity contribution in [1.29, 1.82) is 0 Å². The van der Waals surface area contributed by atoms with Crippen LogP contribution in [0.25, 0.3) is 22.3 Å². The molecule has 6 rings (SSSR count). The molecule has 1 saturated heterocycles. The first kappa shape index (κ1) is 25.7. The molecule has 0 saturated carbocycles. The van der Waals surface area contributed by atoms with Gasteiger partial charge in [0, 0.05) is 58.0 Å². The van der Waals surface area contributed by atoms with Crippen molar-refractivity contribution in [2.75, 3.05) is 51.8 Å². The zero-order valence-corrected chi connectivity index (χ0v) is 22.2. The van der Waals surface area contributed by atoms with Crippen LogP contribution < -0.4 is 5.32 Å². The number of hydrogen-bond donors (Lipinski definition) is 1. The third-order valence-electron chi connectivity index (χ3n) is 7.65. The highest BCUT2D eigenvalue weighted by atomic mass is 19.1. The van der Waals surface area contributed by atoms with Gasteiger partial charge in [-0.1, -0.05) is 13.0 Å². The largest absolute Gasteiger partial charge is 0.383 e. The highest BCUT2D eigenvalue weighted by Gasteiger charge is 2.28. The molecule has 1 aromatic carbocycles. The standard InChI is InChI=1S/C28H32F2N8O/c1-3-36-8-10-37(11-9-36)16-18-4-6-24(31-14-18)33-28-32-15-22(30)26(35-28)19-12-21(29)27-23(13-19)38-20(17-39-2)5-7-25(38)34-27/h4,6,12-15,20H,3,5,7-11,16-17H2,1-2H3,(H,31,32,33,35)/t20-/m0/s1. The number of likely N-dealkylation sites (N-methyl/N-ethyl adjacent to an activating group) is 1. The number of nitrogens with one attached hydrogen (secondary N) is 1. The molecule has 1 fully saturated rings. The van der Waals surface area contributed by atoms with Gasteiger partial charge in [0.05, 0.1) is 24.4 Å². The van der Waals surface area contributed by atoms with E-state index < -0.39 is 11.6 Å². The number of pyridine rings is 1. The summed E-state index contributed by atoms with van der Waals surface area (Å²) in [5.41, 5.74) is 2.34. The molecule has 9 nitrogen and oxygen atoms in total. The summed E-state index contributed by atoms with van der Waals surface area (Å²) < 4.78 is 37.4. The zero-order chi connectivity index (χ0) is 26.9. The summed E-state index contributed by atoms with van der Waals surface area (Å²) in [5, 5.41) is 3.05. The van der Waals surface area contributed by atoms with Crippen LogP contribution in [0.15, 0.2) is 36.7 Å². The van der Waals surface area contributed by atoms with Gasteiger partial charge in [-0.25, -0.2) is 28.7 Å². The summed E-state index contributed by atoms with van der Waals surface area (Å²) in [6.45, 7) is 8.89. The Bertz CT molecular complexity index is 1470. The predicted molar refractivity (Wildman–Crippen MR) is 145 cm³/mol. The van der Waals surface area contributed by atoms with Crippen LogP contribution in [0.2, 0.25) is 0 Å². The number of benzene rings is 1. The second-order valence-electron chi connectivity index (χ2n) is 10.1. The maximum Gasteiger partial charge on any atom is 0.229 e. The Labute approximate surface area is 225 Å². The molecule has 39 heavy (non-hydrogen) atoms. The van der Waals surface area contributed by atoms with Gasteiger partial charge < -0.3 is 19.5 Å². The Hall–Kier alpha value is -3.54. The Balaban J connectivity index is 1.21. The minimum absolute atomic E-state index is 0.00739. The number of aryl methyl sites for hydroxylation is 1. The van der Waals surface area contributed by atoms with Crippen molar-refractivity contribution in [1.82, 2.24) is 34.3 Å². The lowest BCUT2D eigenvalue weighted by atomic mass is 10.1. The first-order valence-electron chi connectivity index (χ1n) is 13.4. The molecule has 1 N–H and O–H groups in total. The number of imidazole rings is 1. The fraction of sp³-hybridized carbons (Fsp3) is 0.429. The van der Waals surface area contributed by atoms with Gasteiger partial charge in [0.1, 0.15) is 22.9 Å². The number of halogens is 2. The maximum absolute atomic E-state index is 15.1. The number of ether oxygens (including phenoxy) is 1. The molecule has 0 unspecified atom stereocenters. The predicted octanol–water partition coefficient (Wildman–Crippen LogP) is 4.18. The second kappa shape index (κ2) is 10.9. The third kappa shape index (κ3) is 5.21. The van der Waals surface area contributed by atoms with E-state index in [1.807, 2.05) is 22.9 Å². The lowest BCUT2D eigenvalue weighted by Gasteiger charge is -2.33. The molecule has 0 aliphatic carbocycles. The fourth-order valence-electron chi connectivity index (χ4n) is 5.55. The van der Waals surface area contributed by atoms with Gasteiger partial charge in [-0.2, -0.15) is 0 Å². The van der Waals surface area contributed by atoms with Crippen LogP contribution in [0.1, 0.15) is 30.8 Å². The summed E-state index contributed by atoms with van der Waals surface area (Å²) in [7, 11) is 1.64. The maximum atomic E-state index is 15.1. The smallest absolute Gasteiger partial charge is 0.229 e. The van der Waals surface area contributed by atoms with Gasteiger partial charge in [-0.15, -0.1) is 0 Å². The number of piperazine rings is 1. The first-order valence-corrected chi connectivity index (χ1v) is 13.4. The number of aromatic nitrogens is 5. The van der Waals surface area contributed by atoms with Crippen molar-refractivity contribution in [3.63, 3.8) is 0 Å². The Kier molecular flexibility index (Phi) is 7.20. The molecule has 4 aromatic rings. The summed E-state index contributed by atoms with van der Waals surface area (Å²) in [5.74, 6) is 0.386. The molecular formula is C28H32F2N8O. The molecule has 1 atom stereocenters. The van der Waals surface area contributed by atoms with Gasteiger partial charge >= 0.3 is 0 Å². The van der Waals surface area contributed by atoms with E-state index in [0.29, 0.717) is 23.5 Å². The van der Waals surface area contributed by atoms with Crippen molar-refractivity contribution < 1.29 is 13.5 Å². The SMILES string of the molecule is CCN1CCN(Cc2ccc(Nc3ncc(F)c(-c4cc(F)c5nc6n(c5c4)[C@H](COC)CC6)n3)nc2)CC1. The lowest BCUT2D eigenvalue weighted by Crippen LogP contribution is -2.45. The molecular weight excluding hydrogens is 502 g/mol. The summed E-state index contributed by atoms with van der Waals surface area (Å²) >= 11 is 0. The second-order valence-corrected chi connectivity index (χ2v) is 10.1. The molecule has 0 radical (unpaired) electrons. The summed E-state index contributed by atoms with van der Waals surface area (Å²) in [6, 6.07) is 6.96. The monoisotopic (exact) mass is 534 g/mol. The Morgan fingerprint density at radius 1 is 1.00 bits per heavy atom. The van der Waals surface area contributed by atoms with Crippen LogP contribution in [0.3, 0.4) is 0 Å². The van der Waals surface area contributed by atoms with Crippen molar-refractivity contribution in [3.8, 4) is 11.3 Å². The van der Waals surface area contributed by atoms with E-state index in [-0.39, 0.29) is 23.2 Å². The van der Waals surface area contributed by atoms with Crippen LogP contribution in [0.4, 0.5) is 20.5 Å². The van der Waals surface area contributed by atoms with Gasteiger partial charge in [0.15, 0.2) is 11.6 Å². The number of methoxy groups -OCH3 is 1. The van der Waals surface area contributed by atoms with Crippen LogP contribution in [0, 0.1) is 11.6 Å². The quantitative estimate of drug-likeness (QED) is 0.361. The molecule has 0 spiro atoms. The van der Waals surface area contributed by atoms with E-state index >= 15 is 4.39 Å².